The zero-order chi connectivity index (χ0) is 18.5. The van der Waals surface area contributed by atoms with Crippen molar-refractivity contribution in [2.75, 3.05) is 6.54 Å². The summed E-state index contributed by atoms with van der Waals surface area (Å²) in [5.41, 5.74) is 1.48. The van der Waals surface area contributed by atoms with Gasteiger partial charge in [0.2, 0.25) is 5.91 Å². The molecule has 0 fully saturated rings. The minimum atomic E-state index is -0.315. The molecule has 0 bridgehead atoms. The van der Waals surface area contributed by atoms with Crippen molar-refractivity contribution in [1.29, 1.82) is 0 Å². The van der Waals surface area contributed by atoms with E-state index < -0.39 is 0 Å². The van der Waals surface area contributed by atoms with Crippen molar-refractivity contribution in [2.24, 2.45) is 0 Å². The first-order valence-electron chi connectivity index (χ1n) is 8.16. The Kier molecular flexibility index (Phi) is 5.63. The van der Waals surface area contributed by atoms with Crippen LogP contribution in [0.25, 0.3) is 22.0 Å². The summed E-state index contributed by atoms with van der Waals surface area (Å²) in [4.78, 5) is 12.1. The summed E-state index contributed by atoms with van der Waals surface area (Å²) in [5, 5.41) is 13.6. The molecule has 3 rings (SSSR count). The Bertz CT molecular complexity index is 943. The van der Waals surface area contributed by atoms with Crippen LogP contribution < -0.4 is 5.32 Å². The SMILES string of the molecule is C=CCNC(=O)C(C)Sc1nnc(-c2ccc(F)cc2)c2ccccc12. The highest BCUT2D eigenvalue weighted by molar-refractivity contribution is 8.00. The quantitative estimate of drug-likeness (QED) is 0.524. The normalized spacial score (nSPS) is 11.9. The highest BCUT2D eigenvalue weighted by Gasteiger charge is 2.18. The Morgan fingerprint density at radius 3 is 2.58 bits per heavy atom. The molecular weight excluding hydrogens is 349 g/mol. The van der Waals surface area contributed by atoms with Gasteiger partial charge in [-0.15, -0.1) is 16.8 Å². The molecule has 1 heterocycles. The first kappa shape index (κ1) is 18.1. The molecule has 2 aromatic carbocycles. The lowest BCUT2D eigenvalue weighted by Crippen LogP contribution is -2.30. The third kappa shape index (κ3) is 3.91. The first-order chi connectivity index (χ1) is 12.6. The van der Waals surface area contributed by atoms with E-state index in [2.05, 4.69) is 22.1 Å². The lowest BCUT2D eigenvalue weighted by atomic mass is 10.1. The number of fused-ring (bicyclic) bond motifs is 1. The lowest BCUT2D eigenvalue weighted by Gasteiger charge is -2.13. The molecule has 1 aromatic heterocycles. The average Bonchev–Trinajstić information content (AvgIpc) is 2.67. The van der Waals surface area contributed by atoms with Crippen LogP contribution in [0.5, 0.6) is 0 Å². The van der Waals surface area contributed by atoms with Crippen LogP contribution in [0.1, 0.15) is 6.92 Å². The number of hydrogen-bond donors (Lipinski definition) is 1. The Morgan fingerprint density at radius 1 is 1.19 bits per heavy atom. The zero-order valence-corrected chi connectivity index (χ0v) is 15.1. The van der Waals surface area contributed by atoms with Gasteiger partial charge in [-0.2, -0.15) is 0 Å². The van der Waals surface area contributed by atoms with Crippen molar-refractivity contribution in [2.45, 2.75) is 17.2 Å². The molecule has 0 radical (unpaired) electrons. The minimum absolute atomic E-state index is 0.0802. The first-order valence-corrected chi connectivity index (χ1v) is 9.04. The number of carbonyl (C=O) groups excluding carboxylic acids is 1. The topological polar surface area (TPSA) is 54.9 Å². The molecular formula is C20H18FN3OS. The highest BCUT2D eigenvalue weighted by Crippen LogP contribution is 2.33. The third-order valence-electron chi connectivity index (χ3n) is 3.85. The molecule has 0 spiro atoms. The van der Waals surface area contributed by atoms with Gasteiger partial charge in [0.05, 0.1) is 5.25 Å². The van der Waals surface area contributed by atoms with Crippen LogP contribution >= 0.6 is 11.8 Å². The van der Waals surface area contributed by atoms with Gasteiger partial charge in [0, 0.05) is 22.9 Å². The second-order valence-corrected chi connectivity index (χ2v) is 7.03. The fourth-order valence-corrected chi connectivity index (χ4v) is 3.44. The summed E-state index contributed by atoms with van der Waals surface area (Å²) >= 11 is 1.36. The fourth-order valence-electron chi connectivity index (χ4n) is 2.52. The van der Waals surface area contributed by atoms with Crippen molar-refractivity contribution in [3.05, 3.63) is 67.0 Å². The number of hydrogen-bond acceptors (Lipinski definition) is 4. The van der Waals surface area contributed by atoms with E-state index in [4.69, 9.17) is 0 Å². The monoisotopic (exact) mass is 367 g/mol. The van der Waals surface area contributed by atoms with Gasteiger partial charge in [0.25, 0.3) is 0 Å². The summed E-state index contributed by atoms with van der Waals surface area (Å²) < 4.78 is 13.2. The van der Waals surface area contributed by atoms with Crippen LogP contribution in [0, 0.1) is 5.82 Å². The van der Waals surface area contributed by atoms with Crippen molar-refractivity contribution < 1.29 is 9.18 Å². The number of nitrogens with one attached hydrogen (secondary N) is 1. The van der Waals surface area contributed by atoms with Crippen molar-refractivity contribution >= 4 is 28.4 Å². The molecule has 0 aliphatic carbocycles. The Morgan fingerprint density at radius 2 is 1.88 bits per heavy atom. The number of aromatic nitrogens is 2. The number of halogens is 1. The van der Waals surface area contributed by atoms with Crippen LogP contribution in [0.2, 0.25) is 0 Å². The van der Waals surface area contributed by atoms with Crippen LogP contribution in [0.4, 0.5) is 4.39 Å². The molecule has 3 aromatic rings. The van der Waals surface area contributed by atoms with Gasteiger partial charge >= 0.3 is 0 Å². The predicted molar refractivity (Wildman–Crippen MR) is 103 cm³/mol. The maximum absolute atomic E-state index is 13.2. The molecule has 1 N–H and O–H groups in total. The smallest absolute Gasteiger partial charge is 0.233 e. The van der Waals surface area contributed by atoms with Gasteiger partial charge in [0.1, 0.15) is 16.5 Å². The van der Waals surface area contributed by atoms with Crippen molar-refractivity contribution in [3.63, 3.8) is 0 Å². The molecule has 0 saturated carbocycles. The molecule has 26 heavy (non-hydrogen) atoms. The summed E-state index contributed by atoms with van der Waals surface area (Å²) in [5.74, 6) is -0.374. The van der Waals surface area contributed by atoms with Crippen LogP contribution in [0.3, 0.4) is 0 Å². The largest absolute Gasteiger partial charge is 0.352 e. The number of rotatable bonds is 6. The highest BCUT2D eigenvalue weighted by atomic mass is 32.2. The molecule has 1 atom stereocenters. The summed E-state index contributed by atoms with van der Waals surface area (Å²) in [6.07, 6.45) is 1.64. The number of nitrogens with zero attached hydrogens (tertiary/aromatic N) is 2. The van der Waals surface area contributed by atoms with Crippen molar-refractivity contribution in [1.82, 2.24) is 15.5 Å². The standard InChI is InChI=1S/C20H18FN3OS/c1-3-12-22-19(25)13(2)26-20-17-7-5-4-6-16(17)18(23-24-20)14-8-10-15(21)11-9-14/h3-11,13H,1,12H2,2H3,(H,22,25). The van der Waals surface area contributed by atoms with E-state index in [0.29, 0.717) is 17.3 Å². The Balaban J connectivity index is 1.96. The molecule has 132 valence electrons. The van der Waals surface area contributed by atoms with Crippen molar-refractivity contribution in [3.8, 4) is 11.3 Å². The van der Waals surface area contributed by atoms with E-state index in [-0.39, 0.29) is 17.0 Å². The Hall–Kier alpha value is -2.73. The van der Waals surface area contributed by atoms with Gasteiger partial charge in [-0.1, -0.05) is 42.1 Å². The lowest BCUT2D eigenvalue weighted by molar-refractivity contribution is -0.120. The molecule has 0 aliphatic rings. The molecule has 0 aliphatic heterocycles. The molecule has 6 heteroatoms. The summed E-state index contributed by atoms with van der Waals surface area (Å²) in [6.45, 7) is 5.85. The summed E-state index contributed by atoms with van der Waals surface area (Å²) in [7, 11) is 0. The number of benzene rings is 2. The van der Waals surface area contributed by atoms with E-state index in [1.54, 1.807) is 18.2 Å². The second-order valence-electron chi connectivity index (χ2n) is 5.70. The maximum Gasteiger partial charge on any atom is 0.233 e. The van der Waals surface area contributed by atoms with E-state index >= 15 is 0 Å². The predicted octanol–water partition coefficient (Wildman–Crippen LogP) is 4.22. The minimum Gasteiger partial charge on any atom is -0.352 e. The number of carbonyl (C=O) groups is 1. The number of thioether (sulfide) groups is 1. The zero-order valence-electron chi connectivity index (χ0n) is 14.3. The van der Waals surface area contributed by atoms with Gasteiger partial charge < -0.3 is 5.32 Å². The van der Waals surface area contributed by atoms with Gasteiger partial charge in [-0.3, -0.25) is 4.79 Å². The molecule has 1 unspecified atom stereocenters. The third-order valence-corrected chi connectivity index (χ3v) is 4.94. The van der Waals surface area contributed by atoms with E-state index in [1.165, 1.54) is 23.9 Å². The summed E-state index contributed by atoms with van der Waals surface area (Å²) in [6, 6.07) is 13.9. The van der Waals surface area contributed by atoms with Crippen LogP contribution in [0.15, 0.2) is 66.2 Å². The molecule has 4 nitrogen and oxygen atoms in total. The molecule has 1 amide bonds. The fraction of sp³-hybridized carbons (Fsp3) is 0.150. The molecule has 0 saturated heterocycles. The van der Waals surface area contributed by atoms with E-state index in [9.17, 15) is 9.18 Å². The second kappa shape index (κ2) is 8.10. The van der Waals surface area contributed by atoms with E-state index in [0.717, 1.165) is 16.3 Å². The van der Waals surface area contributed by atoms with Gasteiger partial charge in [-0.25, -0.2) is 4.39 Å². The Labute approximate surface area is 155 Å². The maximum atomic E-state index is 13.2. The van der Waals surface area contributed by atoms with Gasteiger partial charge in [-0.05, 0) is 31.2 Å². The van der Waals surface area contributed by atoms with E-state index in [1.807, 2.05) is 31.2 Å². The van der Waals surface area contributed by atoms with Gasteiger partial charge in [0.15, 0.2) is 0 Å². The average molecular weight is 367 g/mol. The van der Waals surface area contributed by atoms with Crippen LogP contribution in [-0.2, 0) is 4.79 Å². The number of amides is 1. The van der Waals surface area contributed by atoms with Crippen LogP contribution in [-0.4, -0.2) is 27.9 Å².